The number of nitrogens with one attached hydrogen (secondary N) is 1. The summed E-state index contributed by atoms with van der Waals surface area (Å²) in [5, 5.41) is 3.32. The van der Waals surface area contributed by atoms with Crippen molar-refractivity contribution in [1.29, 1.82) is 0 Å². The molecule has 8 nitrogen and oxygen atoms in total. The Morgan fingerprint density at radius 2 is 1.78 bits per heavy atom. The van der Waals surface area contributed by atoms with Crippen LogP contribution in [0.5, 0.6) is 5.75 Å². The second-order valence-corrected chi connectivity index (χ2v) is 10.2. The van der Waals surface area contributed by atoms with Crippen molar-refractivity contribution in [3.63, 3.8) is 0 Å². The standard InChI is InChI=1S/C28H35ClN4O4/c1-19-6-2-3-7-23(19)32-16-13-21(14-17-32)37-25-10-9-20(18-22(25)29)31-28(36)24-8-4-5-15-33(24)27(35)12-11-26(30)34/h2-3,6-7,9-10,18,21,24H,4-5,8,11-17H2,1H3,(H2,30,34)(H,31,36)/t24-/m1/s1. The molecule has 2 fully saturated rings. The third-order valence-corrected chi connectivity index (χ3v) is 7.40. The SMILES string of the molecule is Cc1ccccc1N1CCC(Oc2ccc(NC(=O)[C@H]3CCCCN3C(=O)CCC(N)=O)cc2Cl)CC1. The molecule has 0 spiro atoms. The highest BCUT2D eigenvalue weighted by molar-refractivity contribution is 6.32. The lowest BCUT2D eigenvalue weighted by atomic mass is 10.0. The van der Waals surface area contributed by atoms with Gasteiger partial charge in [-0.25, -0.2) is 0 Å². The van der Waals surface area contributed by atoms with Gasteiger partial charge in [0.05, 0.1) is 5.02 Å². The maximum absolute atomic E-state index is 13.0. The number of para-hydroxylation sites is 1. The maximum atomic E-state index is 13.0. The fraction of sp³-hybridized carbons (Fsp3) is 0.464. The quantitative estimate of drug-likeness (QED) is 0.534. The molecule has 0 aliphatic carbocycles. The molecule has 9 heteroatoms. The molecule has 2 aliphatic heterocycles. The van der Waals surface area contributed by atoms with Gasteiger partial charge in [0.25, 0.3) is 0 Å². The van der Waals surface area contributed by atoms with Crippen LogP contribution in [0.25, 0.3) is 0 Å². The Kier molecular flexibility index (Phi) is 8.92. The number of benzene rings is 2. The van der Waals surface area contributed by atoms with Crippen molar-refractivity contribution >= 4 is 40.7 Å². The molecule has 3 amide bonds. The summed E-state index contributed by atoms with van der Waals surface area (Å²) >= 11 is 6.52. The van der Waals surface area contributed by atoms with Crippen molar-refractivity contribution in [2.45, 2.75) is 64.0 Å². The van der Waals surface area contributed by atoms with E-state index in [9.17, 15) is 14.4 Å². The van der Waals surface area contributed by atoms with Gasteiger partial charge in [-0.15, -0.1) is 0 Å². The number of amides is 3. The number of nitrogens with two attached hydrogens (primary N) is 1. The fourth-order valence-electron chi connectivity index (χ4n) is 5.09. The Hall–Kier alpha value is -3.26. The van der Waals surface area contributed by atoms with E-state index in [-0.39, 0.29) is 30.8 Å². The van der Waals surface area contributed by atoms with Crippen LogP contribution in [0, 0.1) is 6.92 Å². The Bertz CT molecular complexity index is 1130. The van der Waals surface area contributed by atoms with Crippen molar-refractivity contribution in [3.8, 4) is 5.75 Å². The first kappa shape index (κ1) is 26.8. The number of carbonyl (C=O) groups is 3. The number of nitrogens with zero attached hydrogens (tertiary/aromatic N) is 2. The van der Waals surface area contributed by atoms with Crippen LogP contribution in [-0.2, 0) is 14.4 Å². The number of likely N-dealkylation sites (tertiary alicyclic amines) is 1. The Morgan fingerprint density at radius 1 is 1.03 bits per heavy atom. The smallest absolute Gasteiger partial charge is 0.247 e. The molecule has 3 N–H and O–H groups in total. The van der Waals surface area contributed by atoms with Gasteiger partial charge in [-0.05, 0) is 56.0 Å². The first-order valence-electron chi connectivity index (χ1n) is 13.0. The Labute approximate surface area is 223 Å². The highest BCUT2D eigenvalue weighted by Gasteiger charge is 2.32. The zero-order valence-corrected chi connectivity index (χ0v) is 22.0. The summed E-state index contributed by atoms with van der Waals surface area (Å²) in [6.45, 7) is 4.45. The monoisotopic (exact) mass is 526 g/mol. The second-order valence-electron chi connectivity index (χ2n) is 9.79. The minimum absolute atomic E-state index is 0.0147. The number of halogens is 1. The lowest BCUT2D eigenvalue weighted by Crippen LogP contribution is -2.50. The van der Waals surface area contributed by atoms with Crippen molar-refractivity contribution in [3.05, 3.63) is 53.1 Å². The molecule has 0 unspecified atom stereocenters. The largest absolute Gasteiger partial charge is 0.489 e. The topological polar surface area (TPSA) is 105 Å². The summed E-state index contributed by atoms with van der Waals surface area (Å²) in [7, 11) is 0. The van der Waals surface area contributed by atoms with Crippen molar-refractivity contribution < 1.29 is 19.1 Å². The summed E-state index contributed by atoms with van der Waals surface area (Å²) in [5.74, 6) is -0.426. The summed E-state index contributed by atoms with van der Waals surface area (Å²) in [4.78, 5) is 40.6. The Morgan fingerprint density at radius 3 is 2.49 bits per heavy atom. The second kappa shape index (κ2) is 12.3. The number of ether oxygens (including phenoxy) is 1. The fourth-order valence-corrected chi connectivity index (χ4v) is 5.31. The highest BCUT2D eigenvalue weighted by atomic mass is 35.5. The summed E-state index contributed by atoms with van der Waals surface area (Å²) in [5.41, 5.74) is 8.26. The molecule has 198 valence electrons. The minimum atomic E-state index is -0.581. The van der Waals surface area contributed by atoms with Gasteiger partial charge < -0.3 is 25.6 Å². The van der Waals surface area contributed by atoms with Gasteiger partial charge in [-0.1, -0.05) is 29.8 Å². The molecule has 2 aliphatic rings. The zero-order chi connectivity index (χ0) is 26.4. The molecule has 1 atom stereocenters. The molecule has 0 aromatic heterocycles. The number of hydrogen-bond acceptors (Lipinski definition) is 5. The molecule has 4 rings (SSSR count). The van der Waals surface area contributed by atoms with E-state index in [1.807, 2.05) is 0 Å². The van der Waals surface area contributed by atoms with Gasteiger partial charge in [-0.3, -0.25) is 14.4 Å². The molecular weight excluding hydrogens is 492 g/mol. The van der Waals surface area contributed by atoms with Gasteiger partial charge in [0.1, 0.15) is 17.9 Å². The van der Waals surface area contributed by atoms with Gasteiger partial charge in [0, 0.05) is 56.7 Å². The van der Waals surface area contributed by atoms with Crippen LogP contribution >= 0.6 is 11.6 Å². The number of piperidine rings is 2. The van der Waals surface area contributed by atoms with Gasteiger partial charge in [0.2, 0.25) is 17.7 Å². The van der Waals surface area contributed by atoms with Crippen molar-refractivity contribution in [1.82, 2.24) is 4.90 Å². The number of rotatable bonds is 8. The molecule has 37 heavy (non-hydrogen) atoms. The van der Waals surface area contributed by atoms with Gasteiger partial charge >= 0.3 is 0 Å². The van der Waals surface area contributed by atoms with Crippen LogP contribution in [0.2, 0.25) is 5.02 Å². The van der Waals surface area contributed by atoms with E-state index in [1.165, 1.54) is 11.3 Å². The number of primary amides is 1. The van der Waals surface area contributed by atoms with Crippen LogP contribution in [0.4, 0.5) is 11.4 Å². The van der Waals surface area contributed by atoms with E-state index >= 15 is 0 Å². The number of hydrogen-bond donors (Lipinski definition) is 2. The van der Waals surface area contributed by atoms with E-state index in [0.29, 0.717) is 29.4 Å². The Balaban J connectivity index is 1.32. The molecule has 2 aromatic rings. The summed E-state index contributed by atoms with van der Waals surface area (Å²) < 4.78 is 6.21. The lowest BCUT2D eigenvalue weighted by Gasteiger charge is -2.35. The predicted octanol–water partition coefficient (Wildman–Crippen LogP) is 4.28. The molecule has 2 aromatic carbocycles. The van der Waals surface area contributed by atoms with E-state index in [0.717, 1.165) is 38.8 Å². The highest BCUT2D eigenvalue weighted by Crippen LogP contribution is 2.32. The van der Waals surface area contributed by atoms with E-state index in [4.69, 9.17) is 22.1 Å². The van der Waals surface area contributed by atoms with Crippen molar-refractivity contribution in [2.75, 3.05) is 29.9 Å². The third kappa shape index (κ3) is 6.95. The molecule has 0 radical (unpaired) electrons. The number of anilines is 2. The number of carbonyl (C=O) groups excluding carboxylic acids is 3. The van der Waals surface area contributed by atoms with E-state index < -0.39 is 11.9 Å². The van der Waals surface area contributed by atoms with Gasteiger partial charge in [-0.2, -0.15) is 0 Å². The van der Waals surface area contributed by atoms with Crippen molar-refractivity contribution in [2.24, 2.45) is 5.73 Å². The first-order valence-corrected chi connectivity index (χ1v) is 13.3. The van der Waals surface area contributed by atoms with E-state index in [1.54, 1.807) is 23.1 Å². The van der Waals surface area contributed by atoms with E-state index in [2.05, 4.69) is 41.4 Å². The average Bonchev–Trinajstić information content (AvgIpc) is 2.89. The minimum Gasteiger partial charge on any atom is -0.489 e. The molecule has 0 bridgehead atoms. The summed E-state index contributed by atoms with van der Waals surface area (Å²) in [6.07, 6.45) is 4.10. The summed E-state index contributed by atoms with van der Waals surface area (Å²) in [6, 6.07) is 13.1. The van der Waals surface area contributed by atoms with Crippen LogP contribution in [-0.4, -0.2) is 54.4 Å². The third-order valence-electron chi connectivity index (χ3n) is 7.10. The average molecular weight is 527 g/mol. The number of aryl methyl sites for hydroxylation is 1. The zero-order valence-electron chi connectivity index (χ0n) is 21.2. The maximum Gasteiger partial charge on any atom is 0.247 e. The molecule has 2 heterocycles. The van der Waals surface area contributed by atoms with Crippen LogP contribution in [0.3, 0.4) is 0 Å². The van der Waals surface area contributed by atoms with Crippen LogP contribution in [0.15, 0.2) is 42.5 Å². The molecule has 2 saturated heterocycles. The first-order chi connectivity index (χ1) is 17.8. The van der Waals surface area contributed by atoms with Crippen LogP contribution in [0.1, 0.15) is 50.5 Å². The van der Waals surface area contributed by atoms with Crippen LogP contribution < -0.4 is 20.7 Å². The molecular formula is C28H35ClN4O4. The molecule has 0 saturated carbocycles. The predicted molar refractivity (Wildman–Crippen MR) is 145 cm³/mol. The normalized spacial score (nSPS) is 18.4. The van der Waals surface area contributed by atoms with Gasteiger partial charge in [0.15, 0.2) is 0 Å². The lowest BCUT2D eigenvalue weighted by molar-refractivity contribution is -0.141.